The van der Waals surface area contributed by atoms with Crippen LogP contribution in [0.25, 0.3) is 0 Å². The summed E-state index contributed by atoms with van der Waals surface area (Å²) in [6.07, 6.45) is 0. The minimum absolute atomic E-state index is 0.0978. The maximum absolute atomic E-state index is 13.2. The van der Waals surface area contributed by atoms with Gasteiger partial charge in [0.25, 0.3) is 0 Å². The quantitative estimate of drug-likeness (QED) is 0.723. The Bertz CT molecular complexity index is 782. The van der Waals surface area contributed by atoms with E-state index in [2.05, 4.69) is 16.0 Å². The van der Waals surface area contributed by atoms with Gasteiger partial charge in [0.15, 0.2) is 0 Å². The number of carbonyl (C=O) groups is 2. The Balaban J connectivity index is 1.82. The van der Waals surface area contributed by atoms with Gasteiger partial charge in [-0.2, -0.15) is 0 Å². The number of halogens is 2. The monoisotopic (exact) mass is 377 g/mol. The number of carbonyl (C=O) groups excluding carboxylic acids is 2. The summed E-state index contributed by atoms with van der Waals surface area (Å²) < 4.78 is 13.2. The second kappa shape index (κ2) is 8.78. The van der Waals surface area contributed by atoms with E-state index in [4.69, 9.17) is 11.6 Å². The van der Waals surface area contributed by atoms with Crippen molar-refractivity contribution in [3.05, 3.63) is 70.5 Å². The molecule has 138 valence electrons. The number of hydrogen-bond acceptors (Lipinski definition) is 3. The molecular weight excluding hydrogens is 357 g/mol. The van der Waals surface area contributed by atoms with Crippen molar-refractivity contribution in [2.24, 2.45) is 0 Å². The van der Waals surface area contributed by atoms with Gasteiger partial charge in [-0.3, -0.25) is 15.4 Å². The molecule has 7 heteroatoms. The number of urea groups is 1. The predicted octanol–water partition coefficient (Wildman–Crippen LogP) is 3.33. The van der Waals surface area contributed by atoms with Gasteiger partial charge in [-0.25, -0.2) is 9.18 Å². The molecule has 0 aliphatic carbocycles. The van der Waals surface area contributed by atoms with Gasteiger partial charge >= 0.3 is 6.03 Å². The summed E-state index contributed by atoms with van der Waals surface area (Å²) in [7, 11) is 0. The first-order chi connectivity index (χ1) is 12.3. The van der Waals surface area contributed by atoms with E-state index < -0.39 is 23.3 Å². The normalized spacial score (nSPS) is 11.1. The van der Waals surface area contributed by atoms with Crippen LogP contribution in [0.15, 0.2) is 48.5 Å². The van der Waals surface area contributed by atoms with E-state index in [0.29, 0.717) is 12.1 Å². The van der Waals surface area contributed by atoms with Crippen molar-refractivity contribution < 1.29 is 14.0 Å². The molecule has 5 nitrogen and oxygen atoms in total. The molecular formula is C19H21ClFN3O2. The fourth-order valence-corrected chi connectivity index (χ4v) is 2.79. The summed E-state index contributed by atoms with van der Waals surface area (Å²) in [5.41, 5.74) is 0.907. The van der Waals surface area contributed by atoms with E-state index in [1.54, 1.807) is 6.07 Å². The lowest BCUT2D eigenvalue weighted by atomic mass is 9.94. The summed E-state index contributed by atoms with van der Waals surface area (Å²) in [5, 5.41) is 8.15. The molecule has 3 amide bonds. The lowest BCUT2D eigenvalue weighted by molar-refractivity contribution is -0.119. The number of nitrogens with one attached hydrogen (secondary N) is 3. The third-order valence-electron chi connectivity index (χ3n) is 3.84. The fraction of sp³-hybridized carbons (Fsp3) is 0.263. The summed E-state index contributed by atoms with van der Waals surface area (Å²) in [5.74, 6) is -0.913. The van der Waals surface area contributed by atoms with Gasteiger partial charge in [0.1, 0.15) is 5.82 Å². The maximum atomic E-state index is 13.2. The van der Waals surface area contributed by atoms with E-state index in [9.17, 15) is 14.0 Å². The van der Waals surface area contributed by atoms with Crippen LogP contribution < -0.4 is 16.0 Å². The molecule has 0 saturated carbocycles. The van der Waals surface area contributed by atoms with Crippen molar-refractivity contribution in [3.8, 4) is 0 Å². The number of benzene rings is 2. The third-order valence-corrected chi connectivity index (χ3v) is 4.16. The highest BCUT2D eigenvalue weighted by Gasteiger charge is 2.24. The lowest BCUT2D eigenvalue weighted by Crippen LogP contribution is -2.47. The van der Waals surface area contributed by atoms with Crippen LogP contribution >= 0.6 is 11.6 Å². The molecule has 0 spiro atoms. The van der Waals surface area contributed by atoms with Gasteiger partial charge in [-0.1, -0.05) is 48.0 Å². The Labute approximate surface area is 156 Å². The lowest BCUT2D eigenvalue weighted by Gasteiger charge is -2.27. The molecule has 2 aromatic carbocycles. The van der Waals surface area contributed by atoms with Crippen molar-refractivity contribution in [3.63, 3.8) is 0 Å². The zero-order valence-corrected chi connectivity index (χ0v) is 15.4. The summed E-state index contributed by atoms with van der Waals surface area (Å²) in [6.45, 7) is 3.85. The largest absolute Gasteiger partial charge is 0.334 e. The molecule has 0 aliphatic rings. The molecule has 0 aliphatic heterocycles. The van der Waals surface area contributed by atoms with E-state index in [1.807, 2.05) is 44.2 Å². The van der Waals surface area contributed by atoms with E-state index in [0.717, 1.165) is 5.56 Å². The summed E-state index contributed by atoms with van der Waals surface area (Å²) in [6, 6.07) is 12.9. The molecule has 0 saturated heterocycles. The van der Waals surface area contributed by atoms with Gasteiger partial charge in [0.2, 0.25) is 5.91 Å². The molecule has 0 heterocycles. The van der Waals surface area contributed by atoms with Gasteiger partial charge < -0.3 is 5.32 Å². The van der Waals surface area contributed by atoms with Crippen LogP contribution in [0, 0.1) is 5.82 Å². The van der Waals surface area contributed by atoms with Gasteiger partial charge in [0.05, 0.1) is 6.54 Å². The predicted molar refractivity (Wildman–Crippen MR) is 99.3 cm³/mol. The van der Waals surface area contributed by atoms with E-state index in [-0.39, 0.29) is 11.6 Å². The van der Waals surface area contributed by atoms with Crippen LogP contribution in [-0.2, 0) is 16.9 Å². The third kappa shape index (κ3) is 5.82. The van der Waals surface area contributed by atoms with E-state index in [1.165, 1.54) is 12.1 Å². The zero-order chi connectivity index (χ0) is 19.2. The maximum Gasteiger partial charge on any atom is 0.321 e. The van der Waals surface area contributed by atoms with Crippen molar-refractivity contribution in [2.45, 2.75) is 25.9 Å². The Hall–Kier alpha value is -2.44. The molecule has 0 fully saturated rings. The van der Waals surface area contributed by atoms with Crippen LogP contribution in [0.4, 0.5) is 9.18 Å². The molecule has 0 bridgehead atoms. The molecule has 3 N–H and O–H groups in total. The fourth-order valence-electron chi connectivity index (χ4n) is 2.39. The van der Waals surface area contributed by atoms with E-state index >= 15 is 0 Å². The SMILES string of the molecule is CC(C)(NCC(=O)NC(=O)NCc1ccccc1)c1ccc(F)cc1Cl. The average Bonchev–Trinajstić information content (AvgIpc) is 2.59. The highest BCUT2D eigenvalue weighted by molar-refractivity contribution is 6.31. The minimum atomic E-state index is -0.678. The number of imide groups is 1. The Morgan fingerprint density at radius 1 is 1.12 bits per heavy atom. The standard InChI is InChI=1S/C19H21ClFN3O2/c1-19(2,15-9-8-14(21)10-16(15)20)23-12-17(25)24-18(26)22-11-13-6-4-3-5-7-13/h3-10,23H,11-12H2,1-2H3,(H2,22,24,25,26). The van der Waals surface area contributed by atoms with Crippen LogP contribution in [0.1, 0.15) is 25.0 Å². The second-order valence-corrected chi connectivity index (χ2v) is 6.73. The summed E-state index contributed by atoms with van der Waals surface area (Å²) >= 11 is 6.07. The van der Waals surface area contributed by atoms with Crippen molar-refractivity contribution in [1.29, 1.82) is 0 Å². The van der Waals surface area contributed by atoms with Gasteiger partial charge in [-0.15, -0.1) is 0 Å². The molecule has 2 aromatic rings. The van der Waals surface area contributed by atoms with Gasteiger partial charge in [-0.05, 0) is 37.1 Å². The zero-order valence-electron chi connectivity index (χ0n) is 14.6. The Morgan fingerprint density at radius 2 is 1.81 bits per heavy atom. The highest BCUT2D eigenvalue weighted by Crippen LogP contribution is 2.28. The Kier molecular flexibility index (Phi) is 6.71. The first kappa shape index (κ1) is 19.9. The molecule has 26 heavy (non-hydrogen) atoms. The topological polar surface area (TPSA) is 70.2 Å². The van der Waals surface area contributed by atoms with Gasteiger partial charge in [0, 0.05) is 17.1 Å². The number of rotatable bonds is 6. The number of hydrogen-bond donors (Lipinski definition) is 3. The van der Waals surface area contributed by atoms with Crippen molar-refractivity contribution in [2.75, 3.05) is 6.54 Å². The van der Waals surface area contributed by atoms with Crippen LogP contribution in [0.3, 0.4) is 0 Å². The van der Waals surface area contributed by atoms with Crippen LogP contribution in [0.5, 0.6) is 0 Å². The Morgan fingerprint density at radius 3 is 2.46 bits per heavy atom. The molecule has 0 radical (unpaired) electrons. The molecule has 0 unspecified atom stereocenters. The minimum Gasteiger partial charge on any atom is -0.334 e. The average molecular weight is 378 g/mol. The van der Waals surface area contributed by atoms with Crippen LogP contribution in [-0.4, -0.2) is 18.5 Å². The van der Waals surface area contributed by atoms with Crippen LogP contribution in [0.2, 0.25) is 5.02 Å². The number of amides is 3. The molecule has 0 atom stereocenters. The first-order valence-electron chi connectivity index (χ1n) is 8.10. The molecule has 2 rings (SSSR count). The first-order valence-corrected chi connectivity index (χ1v) is 8.48. The smallest absolute Gasteiger partial charge is 0.321 e. The molecule has 0 aromatic heterocycles. The highest BCUT2D eigenvalue weighted by atomic mass is 35.5. The van der Waals surface area contributed by atoms with Crippen molar-refractivity contribution in [1.82, 2.24) is 16.0 Å². The van der Waals surface area contributed by atoms with Crippen molar-refractivity contribution >= 4 is 23.5 Å². The second-order valence-electron chi connectivity index (χ2n) is 6.32. The summed E-state index contributed by atoms with van der Waals surface area (Å²) in [4.78, 5) is 23.7.